The summed E-state index contributed by atoms with van der Waals surface area (Å²) in [5.41, 5.74) is -4.55. The molecule has 0 aromatic carbocycles. The molecule has 3 unspecified atom stereocenters. The molecule has 6 N–H and O–H groups in total. The monoisotopic (exact) mass is 532 g/mol. The number of rotatable bonds is 10. The highest BCUT2D eigenvalue weighted by molar-refractivity contribution is 7.66. The Balaban J connectivity index is 2.26. The van der Waals surface area contributed by atoms with Gasteiger partial charge in [0.15, 0.2) is 0 Å². The summed E-state index contributed by atoms with van der Waals surface area (Å²) in [7, 11) is -17.2. The molecule has 0 saturated carbocycles. The van der Waals surface area contributed by atoms with E-state index in [4.69, 9.17) is 19.4 Å². The lowest BCUT2D eigenvalue weighted by Crippen LogP contribution is -2.47. The maximum atomic E-state index is 13.8. The molecule has 0 radical (unpaired) electrons. The molecular weight excluding hydrogens is 515 g/mol. The summed E-state index contributed by atoms with van der Waals surface area (Å²) in [4.78, 5) is 60.5. The topological polar surface area (TPSA) is 244 Å². The van der Waals surface area contributed by atoms with Crippen molar-refractivity contribution < 1.29 is 65.0 Å². The molecule has 1 aromatic rings. The molecule has 184 valence electrons. The lowest BCUT2D eigenvalue weighted by molar-refractivity contribution is -0.136. The summed E-state index contributed by atoms with van der Waals surface area (Å²) < 4.78 is 78.2. The van der Waals surface area contributed by atoms with E-state index in [1.54, 1.807) is 0 Å². The number of alkyl halides is 2. The van der Waals surface area contributed by atoms with Crippen molar-refractivity contribution >= 4 is 23.5 Å². The van der Waals surface area contributed by atoms with Gasteiger partial charge in [-0.05, 0) is 0 Å². The number of aliphatic hydroxyl groups is 1. The molecule has 2 heterocycles. The quantitative estimate of drug-likeness (QED) is 0.199. The van der Waals surface area contributed by atoms with Gasteiger partial charge in [0.2, 0.25) is 0 Å². The molecule has 0 spiro atoms. The second-order valence-corrected chi connectivity index (χ2v) is 10.8. The molecule has 1 aliphatic heterocycles. The second kappa shape index (κ2) is 9.62. The van der Waals surface area contributed by atoms with Gasteiger partial charge in [0.1, 0.15) is 18.5 Å². The Morgan fingerprint density at radius 1 is 1.12 bits per heavy atom. The van der Waals surface area contributed by atoms with Crippen LogP contribution in [0.5, 0.6) is 0 Å². The normalized spacial score (nSPS) is 30.0. The zero-order valence-electron chi connectivity index (χ0n) is 15.5. The molecule has 1 aromatic heterocycles. The fraction of sp³-hybridized carbons (Fsp3) is 0.636. The van der Waals surface area contributed by atoms with Crippen molar-refractivity contribution in [3.8, 4) is 0 Å². The third-order valence-corrected chi connectivity index (χ3v) is 7.87. The van der Waals surface area contributed by atoms with Gasteiger partial charge in [0.05, 0.1) is 25.3 Å². The summed E-state index contributed by atoms with van der Waals surface area (Å²) in [5, 5.41) is 10.3. The average Bonchev–Trinajstić information content (AvgIpc) is 2.89. The van der Waals surface area contributed by atoms with Gasteiger partial charge in [-0.2, -0.15) is 8.62 Å². The highest BCUT2D eigenvalue weighted by atomic mass is 31.3. The van der Waals surface area contributed by atoms with E-state index >= 15 is 0 Å². The zero-order chi connectivity index (χ0) is 24.5. The number of nitrogens with zero attached hydrogens (tertiary/aromatic N) is 1. The number of aromatic amines is 1. The third-order valence-electron chi connectivity index (χ3n) is 4.08. The number of nitrogens with one attached hydrogen (secondary N) is 1. The molecular formula is C11H17F2N2O14P3. The van der Waals surface area contributed by atoms with Crippen molar-refractivity contribution in [2.24, 2.45) is 5.92 Å². The predicted molar refractivity (Wildman–Crippen MR) is 95.4 cm³/mol. The number of hydrogen-bond donors (Lipinski definition) is 6. The van der Waals surface area contributed by atoms with Crippen LogP contribution in [0, 0.1) is 5.92 Å². The van der Waals surface area contributed by atoms with Gasteiger partial charge in [0.25, 0.3) is 5.56 Å². The van der Waals surface area contributed by atoms with E-state index in [-0.39, 0.29) is 0 Å². The third kappa shape index (κ3) is 6.47. The Kier molecular flexibility index (Phi) is 8.15. The van der Waals surface area contributed by atoms with E-state index in [1.165, 1.54) is 0 Å². The first kappa shape index (κ1) is 27.1. The summed E-state index contributed by atoms with van der Waals surface area (Å²) in [6, 6.07) is 0.841. The molecule has 1 fully saturated rings. The summed E-state index contributed by atoms with van der Waals surface area (Å²) in [5.74, 6) is -1.64. The highest BCUT2D eigenvalue weighted by Crippen LogP contribution is 2.66. The van der Waals surface area contributed by atoms with Crippen molar-refractivity contribution in [3.63, 3.8) is 0 Å². The first-order valence-corrected chi connectivity index (χ1v) is 12.6. The Labute approximate surface area is 175 Å². The molecule has 0 aliphatic carbocycles. The Morgan fingerprint density at radius 2 is 1.75 bits per heavy atom. The van der Waals surface area contributed by atoms with Crippen LogP contribution in [0.1, 0.15) is 6.23 Å². The minimum atomic E-state index is -5.87. The molecule has 1 aliphatic rings. The first-order valence-electron chi connectivity index (χ1n) is 8.12. The molecule has 0 bridgehead atoms. The SMILES string of the molecule is O=c1ccn([C@@H]2O[C@](CF)(COP(=O)(O)OP(=O)(O)OP(=O)(O)O)[C@@H](O)C2CF)c(=O)[nH]1. The second-order valence-electron chi connectivity index (χ2n) is 6.35. The van der Waals surface area contributed by atoms with Crippen molar-refractivity contribution in [2.75, 3.05) is 20.0 Å². The van der Waals surface area contributed by atoms with E-state index in [0.717, 1.165) is 12.3 Å². The maximum absolute atomic E-state index is 13.8. The molecule has 32 heavy (non-hydrogen) atoms. The standard InChI is InChI=1S/C11H17F2N2O14P3/c12-3-6-8(17)11(4-13,27-9(6)15-2-1-7(16)14-10(15)18)5-26-31(22,23)29-32(24,25)28-30(19,20)21/h1-2,6,8-9,17H,3-5H2,(H,22,23)(H,24,25)(H,14,16,18)(H2,19,20,21)/t6?,8-,9+,11+/m0/s1. The molecule has 0 amide bonds. The van der Waals surface area contributed by atoms with Crippen LogP contribution in [-0.2, 0) is 31.6 Å². The van der Waals surface area contributed by atoms with Crippen LogP contribution >= 0.6 is 23.5 Å². The average molecular weight is 532 g/mol. The van der Waals surface area contributed by atoms with Gasteiger partial charge in [-0.1, -0.05) is 0 Å². The molecule has 16 nitrogen and oxygen atoms in total. The number of aromatic nitrogens is 2. The van der Waals surface area contributed by atoms with E-state index in [0.29, 0.717) is 4.57 Å². The zero-order valence-corrected chi connectivity index (χ0v) is 18.1. The Hall–Kier alpha value is -1.13. The van der Waals surface area contributed by atoms with Crippen LogP contribution in [0.2, 0.25) is 0 Å². The number of H-pyrrole nitrogens is 1. The van der Waals surface area contributed by atoms with Crippen molar-refractivity contribution in [3.05, 3.63) is 33.1 Å². The number of aliphatic hydroxyl groups excluding tert-OH is 1. The van der Waals surface area contributed by atoms with Gasteiger partial charge in [-0.25, -0.2) is 22.9 Å². The van der Waals surface area contributed by atoms with Gasteiger partial charge in [-0.3, -0.25) is 23.3 Å². The van der Waals surface area contributed by atoms with E-state index in [9.17, 15) is 42.1 Å². The number of halogens is 2. The first-order chi connectivity index (χ1) is 14.5. The summed E-state index contributed by atoms with van der Waals surface area (Å²) in [6.45, 7) is -4.52. The predicted octanol–water partition coefficient (Wildman–Crippen LogP) is -0.936. The van der Waals surface area contributed by atoms with E-state index in [1.807, 2.05) is 4.98 Å². The number of phosphoric acid groups is 3. The summed E-state index contributed by atoms with van der Waals surface area (Å²) in [6.07, 6.45) is -2.98. The molecule has 1 saturated heterocycles. The smallest absolute Gasteiger partial charge is 0.389 e. The van der Waals surface area contributed by atoms with Crippen molar-refractivity contribution in [1.82, 2.24) is 9.55 Å². The van der Waals surface area contributed by atoms with Crippen LogP contribution in [0.15, 0.2) is 21.9 Å². The fourth-order valence-corrected chi connectivity index (χ4v) is 5.83. The van der Waals surface area contributed by atoms with Crippen molar-refractivity contribution in [2.45, 2.75) is 17.9 Å². The van der Waals surface area contributed by atoms with Gasteiger partial charge >= 0.3 is 29.2 Å². The minimum absolute atomic E-state index is 0.608. The minimum Gasteiger partial charge on any atom is -0.389 e. The van der Waals surface area contributed by atoms with Crippen LogP contribution in [-0.4, -0.2) is 65.9 Å². The maximum Gasteiger partial charge on any atom is 0.490 e. The van der Waals surface area contributed by atoms with Gasteiger partial charge in [-0.15, -0.1) is 0 Å². The van der Waals surface area contributed by atoms with Crippen LogP contribution < -0.4 is 11.2 Å². The molecule has 2 rings (SSSR count). The van der Waals surface area contributed by atoms with Gasteiger partial charge < -0.3 is 29.4 Å². The lowest BCUT2D eigenvalue weighted by Gasteiger charge is -2.29. The molecule has 6 atom stereocenters. The van der Waals surface area contributed by atoms with E-state index < -0.39 is 78.5 Å². The Bertz CT molecular complexity index is 1090. The highest BCUT2D eigenvalue weighted by Gasteiger charge is 2.57. The Morgan fingerprint density at radius 3 is 2.25 bits per heavy atom. The summed E-state index contributed by atoms with van der Waals surface area (Å²) >= 11 is 0. The van der Waals surface area contributed by atoms with Crippen LogP contribution in [0.4, 0.5) is 8.78 Å². The van der Waals surface area contributed by atoms with Crippen LogP contribution in [0.3, 0.4) is 0 Å². The van der Waals surface area contributed by atoms with Gasteiger partial charge in [0, 0.05) is 12.3 Å². The number of ether oxygens (including phenoxy) is 1. The number of phosphoric ester groups is 1. The van der Waals surface area contributed by atoms with Crippen molar-refractivity contribution in [1.29, 1.82) is 0 Å². The van der Waals surface area contributed by atoms with Crippen LogP contribution in [0.25, 0.3) is 0 Å². The largest absolute Gasteiger partial charge is 0.490 e. The number of hydrogen-bond acceptors (Lipinski definition) is 10. The molecule has 21 heteroatoms. The fourth-order valence-electron chi connectivity index (χ4n) is 2.76. The lowest BCUT2D eigenvalue weighted by atomic mass is 9.92. The van der Waals surface area contributed by atoms with E-state index in [2.05, 4.69) is 13.1 Å².